The molecule has 2 unspecified atom stereocenters. The Morgan fingerprint density at radius 2 is 2.12 bits per heavy atom. The second kappa shape index (κ2) is 7.55. The summed E-state index contributed by atoms with van der Waals surface area (Å²) in [7, 11) is 4.02. The van der Waals surface area contributed by atoms with Gasteiger partial charge in [-0.2, -0.15) is 0 Å². The van der Waals surface area contributed by atoms with E-state index in [2.05, 4.69) is 35.6 Å². The van der Waals surface area contributed by atoms with E-state index in [0.29, 0.717) is 24.6 Å². The molecule has 3 amide bonds. The van der Waals surface area contributed by atoms with Gasteiger partial charge >= 0.3 is 0 Å². The van der Waals surface area contributed by atoms with Gasteiger partial charge in [-0.25, -0.2) is 0 Å². The molecule has 0 aromatic heterocycles. The van der Waals surface area contributed by atoms with E-state index in [1.807, 2.05) is 19.2 Å². The van der Waals surface area contributed by atoms with Gasteiger partial charge in [-0.05, 0) is 44.6 Å². The van der Waals surface area contributed by atoms with Crippen molar-refractivity contribution in [2.24, 2.45) is 0 Å². The zero-order valence-corrected chi connectivity index (χ0v) is 15.5. The number of benzene rings is 1. The molecule has 2 aliphatic heterocycles. The Balaban J connectivity index is 1.72. The molecule has 0 bridgehead atoms. The normalized spacial score (nSPS) is 21.2. The van der Waals surface area contributed by atoms with Gasteiger partial charge in [0.05, 0.1) is 0 Å². The summed E-state index contributed by atoms with van der Waals surface area (Å²) < 4.78 is 0. The first-order valence-corrected chi connectivity index (χ1v) is 9.02. The van der Waals surface area contributed by atoms with Crippen LogP contribution in [0.5, 0.6) is 0 Å². The molecule has 140 valence electrons. The van der Waals surface area contributed by atoms with Crippen LogP contribution in [0.25, 0.3) is 0 Å². The summed E-state index contributed by atoms with van der Waals surface area (Å²) in [5, 5.41) is 5.51. The average Bonchev–Trinajstić information content (AvgIpc) is 2.91. The highest BCUT2D eigenvalue weighted by Crippen LogP contribution is 2.28. The van der Waals surface area contributed by atoms with Crippen LogP contribution in [-0.2, 0) is 22.7 Å². The predicted molar refractivity (Wildman–Crippen MR) is 97.3 cm³/mol. The van der Waals surface area contributed by atoms with Crippen molar-refractivity contribution >= 4 is 17.7 Å². The number of amides is 3. The molecule has 1 aromatic rings. The highest BCUT2D eigenvalue weighted by molar-refractivity contribution is 6.05. The number of imide groups is 1. The third-order valence-electron chi connectivity index (χ3n) is 5.27. The Hall–Kier alpha value is -2.25. The van der Waals surface area contributed by atoms with Crippen LogP contribution in [-0.4, -0.2) is 60.2 Å². The summed E-state index contributed by atoms with van der Waals surface area (Å²) in [6.07, 6.45) is 0.664. The van der Waals surface area contributed by atoms with Crippen molar-refractivity contribution in [3.05, 3.63) is 34.9 Å². The minimum absolute atomic E-state index is 0.127. The van der Waals surface area contributed by atoms with Crippen molar-refractivity contribution in [2.75, 3.05) is 20.6 Å². The maximum atomic E-state index is 12.7. The Kier molecular flexibility index (Phi) is 5.38. The van der Waals surface area contributed by atoms with E-state index in [4.69, 9.17) is 0 Å². The number of hydrogen-bond donors (Lipinski definition) is 2. The minimum atomic E-state index is -0.561. The van der Waals surface area contributed by atoms with Gasteiger partial charge in [-0.3, -0.25) is 24.6 Å². The molecular weight excluding hydrogens is 332 g/mol. The quantitative estimate of drug-likeness (QED) is 0.723. The largest absolute Gasteiger partial charge is 0.322 e. The van der Waals surface area contributed by atoms with E-state index >= 15 is 0 Å². The van der Waals surface area contributed by atoms with E-state index < -0.39 is 6.04 Å². The van der Waals surface area contributed by atoms with Gasteiger partial charge in [0.25, 0.3) is 5.91 Å². The number of nitrogens with zero attached hydrogens (tertiary/aromatic N) is 2. The zero-order valence-electron chi connectivity index (χ0n) is 15.5. The van der Waals surface area contributed by atoms with E-state index in [0.717, 1.165) is 24.2 Å². The Morgan fingerprint density at radius 1 is 1.35 bits per heavy atom. The molecule has 0 radical (unpaired) electrons. The number of likely N-dealkylation sites (N-methyl/N-ethyl adjacent to an activating group) is 2. The third kappa shape index (κ3) is 3.64. The van der Waals surface area contributed by atoms with Crippen molar-refractivity contribution in [3.63, 3.8) is 0 Å². The van der Waals surface area contributed by atoms with Crippen molar-refractivity contribution < 1.29 is 14.4 Å². The fourth-order valence-electron chi connectivity index (χ4n) is 3.62. The molecule has 1 saturated heterocycles. The molecule has 26 heavy (non-hydrogen) atoms. The lowest BCUT2D eigenvalue weighted by Gasteiger charge is -2.29. The average molecular weight is 358 g/mol. The summed E-state index contributed by atoms with van der Waals surface area (Å²) in [6, 6.07) is 5.73. The monoisotopic (exact) mass is 358 g/mol. The number of rotatable bonds is 6. The van der Waals surface area contributed by atoms with Crippen LogP contribution in [0, 0.1) is 0 Å². The smallest absolute Gasteiger partial charge is 0.255 e. The number of nitrogens with one attached hydrogen (secondary N) is 2. The lowest BCUT2D eigenvalue weighted by molar-refractivity contribution is -0.136. The summed E-state index contributed by atoms with van der Waals surface area (Å²) in [4.78, 5) is 40.0. The Morgan fingerprint density at radius 3 is 2.81 bits per heavy atom. The second-order valence-corrected chi connectivity index (χ2v) is 7.21. The van der Waals surface area contributed by atoms with Gasteiger partial charge in [0, 0.05) is 37.7 Å². The first-order chi connectivity index (χ1) is 12.4. The van der Waals surface area contributed by atoms with Crippen molar-refractivity contribution in [1.82, 2.24) is 20.4 Å². The van der Waals surface area contributed by atoms with Crippen LogP contribution >= 0.6 is 0 Å². The van der Waals surface area contributed by atoms with Crippen LogP contribution < -0.4 is 10.6 Å². The van der Waals surface area contributed by atoms with Crippen LogP contribution in [0.15, 0.2) is 18.2 Å². The lowest BCUT2D eigenvalue weighted by Crippen LogP contribution is -2.52. The zero-order chi connectivity index (χ0) is 18.8. The van der Waals surface area contributed by atoms with Crippen molar-refractivity contribution in [2.45, 2.75) is 44.9 Å². The Labute approximate surface area is 153 Å². The molecule has 0 aliphatic carbocycles. The standard InChI is InChI=1S/C19H26N4O3/c1-12(9-20-2)22(3)10-13-4-5-15-14(8-13)11-23(19(15)26)16-6-7-17(24)21-18(16)25/h4-5,8,12,16,20H,6-7,9-11H2,1-3H3,(H,21,24,25). The van der Waals surface area contributed by atoms with Gasteiger partial charge in [-0.15, -0.1) is 0 Å². The van der Waals surface area contributed by atoms with Crippen molar-refractivity contribution in [1.29, 1.82) is 0 Å². The van der Waals surface area contributed by atoms with Crippen LogP contribution in [0.3, 0.4) is 0 Å². The summed E-state index contributed by atoms with van der Waals surface area (Å²) in [5.41, 5.74) is 2.75. The maximum absolute atomic E-state index is 12.7. The summed E-state index contributed by atoms with van der Waals surface area (Å²) in [5.74, 6) is -0.766. The Bertz CT molecular complexity index is 733. The van der Waals surface area contributed by atoms with Gasteiger partial charge < -0.3 is 10.2 Å². The molecule has 1 aromatic carbocycles. The molecule has 2 heterocycles. The maximum Gasteiger partial charge on any atom is 0.255 e. The molecule has 2 N–H and O–H groups in total. The van der Waals surface area contributed by atoms with Gasteiger partial charge in [-0.1, -0.05) is 12.1 Å². The summed E-state index contributed by atoms with van der Waals surface area (Å²) >= 11 is 0. The van der Waals surface area contributed by atoms with E-state index in [1.54, 1.807) is 4.90 Å². The molecule has 7 nitrogen and oxygen atoms in total. The minimum Gasteiger partial charge on any atom is -0.322 e. The molecule has 3 rings (SSSR count). The fourth-order valence-corrected chi connectivity index (χ4v) is 3.62. The second-order valence-electron chi connectivity index (χ2n) is 7.21. The van der Waals surface area contributed by atoms with Crippen LogP contribution in [0.1, 0.15) is 41.3 Å². The van der Waals surface area contributed by atoms with Gasteiger partial charge in [0.15, 0.2) is 0 Å². The third-order valence-corrected chi connectivity index (χ3v) is 5.27. The summed E-state index contributed by atoms with van der Waals surface area (Å²) in [6.45, 7) is 4.29. The van der Waals surface area contributed by atoms with E-state index in [1.165, 1.54) is 0 Å². The lowest BCUT2D eigenvalue weighted by atomic mass is 10.0. The number of fused-ring (bicyclic) bond motifs is 1. The van der Waals surface area contributed by atoms with E-state index in [9.17, 15) is 14.4 Å². The molecule has 2 aliphatic rings. The van der Waals surface area contributed by atoms with Crippen molar-refractivity contribution in [3.8, 4) is 0 Å². The highest BCUT2D eigenvalue weighted by atomic mass is 16.2. The fraction of sp³-hybridized carbons (Fsp3) is 0.526. The van der Waals surface area contributed by atoms with Crippen LogP contribution in [0.4, 0.5) is 0 Å². The number of hydrogen-bond acceptors (Lipinski definition) is 5. The highest BCUT2D eigenvalue weighted by Gasteiger charge is 2.39. The SMILES string of the molecule is CNCC(C)N(C)Cc1ccc2c(c1)CN(C1CCC(=O)NC1=O)C2=O. The van der Waals surface area contributed by atoms with Gasteiger partial charge in [0.1, 0.15) is 6.04 Å². The number of carbonyl (C=O) groups is 3. The topological polar surface area (TPSA) is 81.8 Å². The molecule has 2 atom stereocenters. The first-order valence-electron chi connectivity index (χ1n) is 9.02. The van der Waals surface area contributed by atoms with Gasteiger partial charge in [0.2, 0.25) is 11.8 Å². The molecule has 1 fully saturated rings. The van der Waals surface area contributed by atoms with Crippen LogP contribution in [0.2, 0.25) is 0 Å². The molecule has 0 spiro atoms. The molecule has 7 heteroatoms. The first kappa shape index (κ1) is 18.5. The van der Waals surface area contributed by atoms with E-state index in [-0.39, 0.29) is 24.1 Å². The molecule has 0 saturated carbocycles. The molecular formula is C19H26N4O3. The predicted octanol–water partition coefficient (Wildman–Crippen LogP) is 0.487. The number of carbonyl (C=O) groups excluding carboxylic acids is 3. The number of piperidine rings is 1.